The average molecular weight is 437 g/mol. The van der Waals surface area contributed by atoms with Crippen molar-refractivity contribution in [1.29, 1.82) is 0 Å². The number of nitrogens with one attached hydrogen (secondary N) is 1. The fraction of sp³-hybridized carbons (Fsp3) is 0.417. The molecule has 2 aliphatic rings. The van der Waals surface area contributed by atoms with Crippen LogP contribution in [0.3, 0.4) is 0 Å². The van der Waals surface area contributed by atoms with E-state index in [1.807, 2.05) is 19.1 Å². The average Bonchev–Trinajstić information content (AvgIpc) is 3.05. The Morgan fingerprint density at radius 3 is 2.84 bits per heavy atom. The zero-order valence-electron chi connectivity index (χ0n) is 18.4. The van der Waals surface area contributed by atoms with Crippen molar-refractivity contribution in [2.24, 2.45) is 5.92 Å². The summed E-state index contributed by atoms with van der Waals surface area (Å²) >= 11 is 0. The van der Waals surface area contributed by atoms with Crippen molar-refractivity contribution in [3.05, 3.63) is 59.4 Å². The highest BCUT2D eigenvalue weighted by atomic mass is 16.5. The van der Waals surface area contributed by atoms with Crippen molar-refractivity contribution >= 4 is 23.4 Å². The van der Waals surface area contributed by atoms with Gasteiger partial charge in [0.05, 0.1) is 35.9 Å². The molecule has 4 rings (SSSR count). The van der Waals surface area contributed by atoms with Gasteiger partial charge in [-0.3, -0.25) is 24.3 Å². The number of hydrogen-bond acceptors (Lipinski definition) is 6. The summed E-state index contributed by atoms with van der Waals surface area (Å²) in [6.07, 6.45) is 4.94. The molecule has 0 aliphatic carbocycles. The van der Waals surface area contributed by atoms with Gasteiger partial charge in [0.2, 0.25) is 5.91 Å². The first-order chi connectivity index (χ1) is 15.5. The lowest BCUT2D eigenvalue weighted by atomic mass is 9.95. The van der Waals surface area contributed by atoms with E-state index in [1.165, 1.54) is 4.90 Å². The quantitative estimate of drug-likeness (QED) is 0.670. The van der Waals surface area contributed by atoms with E-state index in [9.17, 15) is 14.4 Å². The zero-order chi connectivity index (χ0) is 22.7. The summed E-state index contributed by atoms with van der Waals surface area (Å²) in [6.45, 7) is 3.79. The fourth-order valence-corrected chi connectivity index (χ4v) is 4.46. The molecule has 3 amide bonds. The van der Waals surface area contributed by atoms with E-state index in [2.05, 4.69) is 15.2 Å². The Bertz CT molecular complexity index is 1010. The number of anilines is 1. The second kappa shape index (κ2) is 9.48. The van der Waals surface area contributed by atoms with Gasteiger partial charge in [0.1, 0.15) is 0 Å². The highest BCUT2D eigenvalue weighted by Gasteiger charge is 2.39. The van der Waals surface area contributed by atoms with Crippen molar-refractivity contribution < 1.29 is 19.1 Å². The zero-order valence-corrected chi connectivity index (χ0v) is 18.4. The predicted molar refractivity (Wildman–Crippen MR) is 119 cm³/mol. The molecule has 1 N–H and O–H groups in total. The molecule has 3 heterocycles. The van der Waals surface area contributed by atoms with Crippen LogP contribution in [0.15, 0.2) is 42.7 Å². The Balaban J connectivity index is 1.54. The number of methoxy groups -OCH3 is 1. The van der Waals surface area contributed by atoms with Gasteiger partial charge >= 0.3 is 0 Å². The molecule has 8 heteroatoms. The van der Waals surface area contributed by atoms with Crippen molar-refractivity contribution in [3.63, 3.8) is 0 Å². The molecule has 0 unspecified atom stereocenters. The van der Waals surface area contributed by atoms with E-state index in [1.54, 1.807) is 37.7 Å². The van der Waals surface area contributed by atoms with E-state index in [0.717, 1.165) is 30.6 Å². The Morgan fingerprint density at radius 2 is 2.09 bits per heavy atom. The maximum atomic E-state index is 13.3. The fourth-order valence-electron chi connectivity index (χ4n) is 4.46. The van der Waals surface area contributed by atoms with Crippen LogP contribution < -0.4 is 10.2 Å². The van der Waals surface area contributed by atoms with Gasteiger partial charge in [0.25, 0.3) is 11.8 Å². The second-order valence-electron chi connectivity index (χ2n) is 8.41. The number of pyridine rings is 1. The Kier molecular flexibility index (Phi) is 6.50. The molecule has 8 nitrogen and oxygen atoms in total. The Morgan fingerprint density at radius 1 is 1.25 bits per heavy atom. The van der Waals surface area contributed by atoms with Crippen LogP contribution in [0, 0.1) is 5.92 Å². The third-order valence-corrected chi connectivity index (χ3v) is 5.98. The third-order valence-electron chi connectivity index (χ3n) is 5.98. The summed E-state index contributed by atoms with van der Waals surface area (Å²) in [5, 5.41) is 3.00. The molecule has 1 aromatic heterocycles. The number of ether oxygens (including phenoxy) is 1. The first-order valence-electron chi connectivity index (χ1n) is 10.9. The van der Waals surface area contributed by atoms with Gasteiger partial charge in [-0.25, -0.2) is 0 Å². The molecular formula is C24H28N4O4. The van der Waals surface area contributed by atoms with Crippen molar-refractivity contribution in [2.75, 3.05) is 31.7 Å². The van der Waals surface area contributed by atoms with Gasteiger partial charge in [-0.15, -0.1) is 0 Å². The first-order valence-corrected chi connectivity index (χ1v) is 10.9. The lowest BCUT2D eigenvalue weighted by molar-refractivity contribution is -0.126. The molecule has 1 fully saturated rings. The maximum absolute atomic E-state index is 13.3. The lowest BCUT2D eigenvalue weighted by Crippen LogP contribution is -2.46. The molecule has 2 atom stereocenters. The van der Waals surface area contributed by atoms with Crippen LogP contribution in [-0.4, -0.2) is 60.5 Å². The number of rotatable bonds is 7. The summed E-state index contributed by atoms with van der Waals surface area (Å²) in [5.41, 5.74) is 2.35. The lowest BCUT2D eigenvalue weighted by Gasteiger charge is -2.35. The third kappa shape index (κ3) is 4.36. The number of carbonyl (C=O) groups excluding carboxylic acids is 3. The largest absolute Gasteiger partial charge is 0.383 e. The molecule has 0 radical (unpaired) electrons. The van der Waals surface area contributed by atoms with Crippen LogP contribution in [0.1, 0.15) is 46.0 Å². The summed E-state index contributed by atoms with van der Waals surface area (Å²) in [7, 11) is 1.61. The molecule has 0 bridgehead atoms. The van der Waals surface area contributed by atoms with Gasteiger partial charge in [0.15, 0.2) is 0 Å². The predicted octanol–water partition coefficient (Wildman–Crippen LogP) is 2.25. The number of aromatic nitrogens is 1. The van der Waals surface area contributed by atoms with Crippen molar-refractivity contribution in [1.82, 2.24) is 15.2 Å². The number of carbonyl (C=O) groups is 3. The number of imide groups is 1. The van der Waals surface area contributed by atoms with Crippen LogP contribution in [0.4, 0.5) is 5.69 Å². The van der Waals surface area contributed by atoms with Gasteiger partial charge < -0.3 is 15.0 Å². The minimum atomic E-state index is -0.301. The Hall–Kier alpha value is -3.26. The highest BCUT2D eigenvalue weighted by Crippen LogP contribution is 2.34. The van der Waals surface area contributed by atoms with E-state index in [0.29, 0.717) is 24.3 Å². The van der Waals surface area contributed by atoms with Crippen molar-refractivity contribution in [3.8, 4) is 0 Å². The van der Waals surface area contributed by atoms with Crippen molar-refractivity contribution in [2.45, 2.75) is 32.4 Å². The van der Waals surface area contributed by atoms with Crippen LogP contribution in [-0.2, 0) is 16.1 Å². The number of hydrogen-bond donors (Lipinski definition) is 1. The summed E-state index contributed by atoms with van der Waals surface area (Å²) in [6, 6.07) is 8.93. The van der Waals surface area contributed by atoms with Crippen LogP contribution >= 0.6 is 0 Å². The first kappa shape index (κ1) is 22.0. The molecule has 2 aromatic rings. The van der Waals surface area contributed by atoms with E-state index >= 15 is 0 Å². The van der Waals surface area contributed by atoms with E-state index < -0.39 is 0 Å². The van der Waals surface area contributed by atoms with Crippen LogP contribution in [0.25, 0.3) is 0 Å². The summed E-state index contributed by atoms with van der Waals surface area (Å²) in [5.74, 6) is -0.787. The molecule has 1 aromatic carbocycles. The smallest absolute Gasteiger partial charge is 0.263 e. The number of fused-ring (bicyclic) bond motifs is 1. The minimum Gasteiger partial charge on any atom is -0.383 e. The van der Waals surface area contributed by atoms with Gasteiger partial charge in [-0.1, -0.05) is 12.1 Å². The SMILES string of the molecule is COC[C@H](C)NC(=O)[C@@H]1CCCN(c2cccc3c2C(=O)N(Cc2cccnc2)C3=O)C1. The highest BCUT2D eigenvalue weighted by molar-refractivity contribution is 6.23. The molecule has 0 saturated carbocycles. The standard InChI is InChI=1S/C24H28N4O4/c1-16(15-32-2)26-22(29)18-7-5-11-27(14-18)20-9-3-8-19-21(20)24(31)28(23(19)30)13-17-6-4-10-25-12-17/h3-4,6,8-10,12,16,18H,5,7,11,13-15H2,1-2H3,(H,26,29)/t16-,18+/m0/s1. The normalized spacial score (nSPS) is 19.1. The van der Waals surface area contributed by atoms with Gasteiger partial charge in [-0.05, 0) is 43.5 Å². The summed E-state index contributed by atoms with van der Waals surface area (Å²) < 4.78 is 5.10. The van der Waals surface area contributed by atoms with Crippen LogP contribution in [0.5, 0.6) is 0 Å². The Labute approximate surface area is 187 Å². The van der Waals surface area contributed by atoms with E-state index in [-0.39, 0.29) is 36.2 Å². The monoisotopic (exact) mass is 436 g/mol. The topological polar surface area (TPSA) is 91.8 Å². The minimum absolute atomic E-state index is 0.00701. The molecule has 1 saturated heterocycles. The summed E-state index contributed by atoms with van der Waals surface area (Å²) in [4.78, 5) is 46.4. The molecule has 2 aliphatic heterocycles. The molecule has 32 heavy (non-hydrogen) atoms. The molecule has 0 spiro atoms. The van der Waals surface area contributed by atoms with E-state index in [4.69, 9.17) is 4.74 Å². The number of nitrogens with zero attached hydrogens (tertiary/aromatic N) is 3. The number of benzene rings is 1. The molecular weight excluding hydrogens is 408 g/mol. The molecule has 168 valence electrons. The second-order valence-corrected chi connectivity index (χ2v) is 8.41. The number of amides is 3. The van der Waals surface area contributed by atoms with Gasteiger partial charge in [-0.2, -0.15) is 0 Å². The van der Waals surface area contributed by atoms with Crippen LogP contribution in [0.2, 0.25) is 0 Å². The van der Waals surface area contributed by atoms with Gasteiger partial charge in [0, 0.05) is 38.6 Å². The maximum Gasteiger partial charge on any atom is 0.263 e. The number of piperidine rings is 1.